The van der Waals surface area contributed by atoms with E-state index in [1.807, 2.05) is 36.4 Å². The maximum atomic E-state index is 12.9. The number of aryl methyl sites for hydroxylation is 2. The van der Waals surface area contributed by atoms with Crippen LogP contribution < -0.4 is 9.62 Å². The first-order valence-electron chi connectivity index (χ1n) is 11.7. The molecular weight excluding hydrogens is 539 g/mol. The number of sulfonamides is 1. The van der Waals surface area contributed by atoms with Gasteiger partial charge in [-0.2, -0.15) is 13.2 Å². The molecular formula is C26H26F3N3O6S. The molecule has 1 aromatic heterocycles. The van der Waals surface area contributed by atoms with Gasteiger partial charge in [0, 0.05) is 13.6 Å². The Bertz CT molecular complexity index is 1450. The van der Waals surface area contributed by atoms with Crippen LogP contribution in [0.2, 0.25) is 0 Å². The lowest BCUT2D eigenvalue weighted by atomic mass is 9.92. The van der Waals surface area contributed by atoms with Crippen LogP contribution in [0, 0.1) is 0 Å². The summed E-state index contributed by atoms with van der Waals surface area (Å²) in [6.07, 6.45) is 0.262. The number of nitrogens with one attached hydrogen (secondary N) is 1. The number of aromatic nitrogens is 1. The van der Waals surface area contributed by atoms with Gasteiger partial charge in [-0.1, -0.05) is 36.4 Å². The number of aliphatic carboxylic acids is 1. The van der Waals surface area contributed by atoms with Crippen molar-refractivity contribution in [1.82, 2.24) is 4.98 Å². The summed E-state index contributed by atoms with van der Waals surface area (Å²) in [5, 5.41) is 16.8. The molecule has 208 valence electrons. The van der Waals surface area contributed by atoms with Crippen LogP contribution in [0.15, 0.2) is 65.7 Å². The molecule has 2 aromatic carbocycles. The number of carboxylic acid groups (broad SMARTS) is 2. The topological polar surface area (TPSA) is 137 Å². The molecule has 3 aromatic rings. The molecule has 0 aliphatic heterocycles. The van der Waals surface area contributed by atoms with Gasteiger partial charge in [0.2, 0.25) is 0 Å². The highest BCUT2D eigenvalue weighted by molar-refractivity contribution is 7.92. The van der Waals surface area contributed by atoms with Gasteiger partial charge < -0.3 is 15.1 Å². The van der Waals surface area contributed by atoms with Crippen molar-refractivity contribution < 1.29 is 41.4 Å². The zero-order valence-corrected chi connectivity index (χ0v) is 21.6. The summed E-state index contributed by atoms with van der Waals surface area (Å²) in [7, 11) is -2.12. The molecule has 0 fully saturated rings. The zero-order valence-electron chi connectivity index (χ0n) is 20.8. The Morgan fingerprint density at radius 3 is 2.21 bits per heavy atom. The Labute approximate surface area is 223 Å². The highest BCUT2D eigenvalue weighted by Crippen LogP contribution is 2.27. The second kappa shape index (κ2) is 12.2. The molecule has 1 heterocycles. The number of benzene rings is 2. The molecule has 0 atom stereocenters. The van der Waals surface area contributed by atoms with Crippen LogP contribution in [0.1, 0.15) is 39.9 Å². The van der Waals surface area contributed by atoms with Crippen LogP contribution in [0.25, 0.3) is 0 Å². The third-order valence-electron chi connectivity index (χ3n) is 5.85. The third kappa shape index (κ3) is 7.93. The van der Waals surface area contributed by atoms with E-state index in [0.717, 1.165) is 36.8 Å². The number of carbonyl (C=O) groups is 2. The van der Waals surface area contributed by atoms with Gasteiger partial charge in [-0.25, -0.2) is 23.0 Å². The number of halogens is 3. The second-order valence-corrected chi connectivity index (χ2v) is 10.5. The van der Waals surface area contributed by atoms with Gasteiger partial charge >= 0.3 is 18.1 Å². The normalized spacial score (nSPS) is 12.9. The highest BCUT2D eigenvalue weighted by Gasteiger charge is 2.38. The van der Waals surface area contributed by atoms with E-state index in [1.165, 1.54) is 17.8 Å². The van der Waals surface area contributed by atoms with E-state index in [9.17, 15) is 31.5 Å². The maximum absolute atomic E-state index is 12.9. The van der Waals surface area contributed by atoms with Crippen molar-refractivity contribution in [3.63, 3.8) is 0 Å². The van der Waals surface area contributed by atoms with Gasteiger partial charge in [0.05, 0.1) is 16.8 Å². The number of carboxylic acids is 2. The Kier molecular flexibility index (Phi) is 9.17. The molecule has 1 aliphatic carbocycles. The zero-order chi connectivity index (χ0) is 28.8. The largest absolute Gasteiger partial charge is 0.490 e. The fraction of sp³-hybridized carbons (Fsp3) is 0.269. The van der Waals surface area contributed by atoms with Crippen molar-refractivity contribution in [1.29, 1.82) is 0 Å². The minimum Gasteiger partial charge on any atom is -0.478 e. The fourth-order valence-corrected chi connectivity index (χ4v) is 5.08. The summed E-state index contributed by atoms with van der Waals surface area (Å²) in [5.74, 6) is -3.67. The number of nitrogens with zero attached hydrogens (tertiary/aromatic N) is 2. The van der Waals surface area contributed by atoms with Crippen LogP contribution >= 0.6 is 0 Å². The minimum absolute atomic E-state index is 0.0749. The van der Waals surface area contributed by atoms with Crippen LogP contribution in [-0.4, -0.2) is 48.8 Å². The summed E-state index contributed by atoms with van der Waals surface area (Å²) < 4.78 is 60.1. The molecule has 0 saturated carbocycles. The number of anilines is 2. The van der Waals surface area contributed by atoms with E-state index in [-0.39, 0.29) is 22.0 Å². The van der Waals surface area contributed by atoms with Crippen molar-refractivity contribution in [2.45, 2.75) is 43.3 Å². The summed E-state index contributed by atoms with van der Waals surface area (Å²) in [5.41, 5.74) is 3.29. The predicted molar refractivity (Wildman–Crippen MR) is 137 cm³/mol. The summed E-state index contributed by atoms with van der Waals surface area (Å²) in [4.78, 5) is 26.9. The number of aromatic carboxylic acids is 1. The molecule has 3 N–H and O–H groups in total. The van der Waals surface area contributed by atoms with Gasteiger partial charge in [0.15, 0.2) is 0 Å². The first-order valence-corrected chi connectivity index (χ1v) is 13.2. The Morgan fingerprint density at radius 1 is 1.00 bits per heavy atom. The maximum Gasteiger partial charge on any atom is 0.490 e. The van der Waals surface area contributed by atoms with Gasteiger partial charge in [-0.3, -0.25) is 4.72 Å². The first kappa shape index (κ1) is 29.4. The molecule has 0 bridgehead atoms. The van der Waals surface area contributed by atoms with Crippen molar-refractivity contribution in [2.24, 2.45) is 0 Å². The predicted octanol–water partition coefficient (Wildman–Crippen LogP) is 4.73. The third-order valence-corrected chi connectivity index (χ3v) is 7.23. The van der Waals surface area contributed by atoms with Crippen LogP contribution in [0.5, 0.6) is 0 Å². The van der Waals surface area contributed by atoms with E-state index in [1.54, 1.807) is 24.1 Å². The van der Waals surface area contributed by atoms with E-state index in [2.05, 4.69) is 9.71 Å². The lowest BCUT2D eigenvalue weighted by Gasteiger charge is -2.21. The number of alkyl halides is 3. The number of rotatable bonds is 7. The smallest absolute Gasteiger partial charge is 0.478 e. The average molecular weight is 566 g/mol. The Balaban J connectivity index is 0.000000532. The molecule has 0 saturated heterocycles. The lowest BCUT2D eigenvalue weighted by Crippen LogP contribution is -2.21. The van der Waals surface area contributed by atoms with E-state index in [0.29, 0.717) is 6.54 Å². The molecule has 9 nitrogen and oxygen atoms in total. The summed E-state index contributed by atoms with van der Waals surface area (Å²) in [6, 6.07) is 16.1. The van der Waals surface area contributed by atoms with Crippen molar-refractivity contribution in [3.8, 4) is 0 Å². The second-order valence-electron chi connectivity index (χ2n) is 8.79. The number of hydrogen-bond donors (Lipinski definition) is 3. The van der Waals surface area contributed by atoms with E-state index >= 15 is 0 Å². The number of pyridine rings is 1. The highest BCUT2D eigenvalue weighted by atomic mass is 32.2. The Hall–Kier alpha value is -4.13. The van der Waals surface area contributed by atoms with Gasteiger partial charge in [0.1, 0.15) is 11.4 Å². The molecule has 0 radical (unpaired) electrons. The Morgan fingerprint density at radius 2 is 1.62 bits per heavy atom. The summed E-state index contributed by atoms with van der Waals surface area (Å²) in [6.45, 7) is 0.467. The fourth-order valence-electron chi connectivity index (χ4n) is 4.00. The monoisotopic (exact) mass is 565 g/mol. The lowest BCUT2D eigenvalue weighted by molar-refractivity contribution is -0.192. The minimum atomic E-state index is -5.08. The quantitative estimate of drug-likeness (QED) is 0.374. The summed E-state index contributed by atoms with van der Waals surface area (Å²) >= 11 is 0. The van der Waals surface area contributed by atoms with Crippen molar-refractivity contribution in [2.75, 3.05) is 16.7 Å². The number of fused-ring (bicyclic) bond motifs is 1. The molecule has 0 amide bonds. The standard InChI is InChI=1S/C24H25N3O4S.C2HF3O2/c1-27(16-17-7-3-2-4-8-17)23-22(24(28)29)14-20(15-25-23)26-32(30,31)21-12-11-18-9-5-6-10-19(18)13-21;3-2(4,5)1(6)7/h2-4,7-8,11-15,26H,5-6,9-10,16H2,1H3,(H,28,29);(H,6,7). The van der Waals surface area contributed by atoms with E-state index < -0.39 is 28.1 Å². The van der Waals surface area contributed by atoms with Gasteiger partial charge in [-0.05, 0) is 60.6 Å². The number of hydrogen-bond acceptors (Lipinski definition) is 6. The van der Waals surface area contributed by atoms with Gasteiger partial charge in [-0.15, -0.1) is 0 Å². The average Bonchev–Trinajstić information content (AvgIpc) is 2.88. The first-order chi connectivity index (χ1) is 18.3. The van der Waals surface area contributed by atoms with Crippen LogP contribution in [-0.2, 0) is 34.2 Å². The molecule has 4 rings (SSSR count). The molecule has 39 heavy (non-hydrogen) atoms. The van der Waals surface area contributed by atoms with Crippen molar-refractivity contribution in [3.05, 3.63) is 83.0 Å². The SMILES string of the molecule is CN(Cc1ccccc1)c1ncc(NS(=O)(=O)c2ccc3c(c2)CCCC3)cc1C(=O)O.O=C(O)C(F)(F)F. The molecule has 1 aliphatic rings. The van der Waals surface area contributed by atoms with Gasteiger partial charge in [0.25, 0.3) is 10.0 Å². The van der Waals surface area contributed by atoms with Crippen molar-refractivity contribution >= 4 is 33.5 Å². The van der Waals surface area contributed by atoms with Crippen LogP contribution in [0.3, 0.4) is 0 Å². The molecule has 13 heteroatoms. The van der Waals surface area contributed by atoms with Crippen LogP contribution in [0.4, 0.5) is 24.7 Å². The molecule has 0 spiro atoms. The molecule has 0 unspecified atom stereocenters. The van der Waals surface area contributed by atoms with E-state index in [4.69, 9.17) is 9.90 Å².